The topological polar surface area (TPSA) is 41.1 Å². The molecule has 0 aromatic heterocycles. The molecule has 3 nitrogen and oxygen atoms in total. The van der Waals surface area contributed by atoms with E-state index >= 15 is 0 Å². The standard InChI is InChI=1S/C20H15ClN2OS/c21-15-11-12-18(23-20(25)22-16-9-5-2-6-10-16)17(13-15)19(24)14-7-3-1-4-8-14/h1-13H,(H2,22,23,25). The predicted octanol–water partition coefficient (Wildman–Crippen LogP) is 5.38. The van der Waals surface area contributed by atoms with Gasteiger partial charge in [0, 0.05) is 21.8 Å². The second-order valence-corrected chi connectivity index (χ2v) is 6.17. The number of carbonyl (C=O) groups is 1. The van der Waals surface area contributed by atoms with Gasteiger partial charge in [0.1, 0.15) is 0 Å². The molecule has 0 saturated carbocycles. The lowest BCUT2D eigenvalue weighted by Gasteiger charge is -2.14. The summed E-state index contributed by atoms with van der Waals surface area (Å²) in [4.78, 5) is 12.8. The summed E-state index contributed by atoms with van der Waals surface area (Å²) in [5, 5.41) is 7.06. The van der Waals surface area contributed by atoms with E-state index in [1.54, 1.807) is 30.3 Å². The van der Waals surface area contributed by atoms with Crippen LogP contribution in [-0.4, -0.2) is 10.9 Å². The quantitative estimate of drug-likeness (QED) is 0.480. The highest BCUT2D eigenvalue weighted by Crippen LogP contribution is 2.24. The lowest BCUT2D eigenvalue weighted by atomic mass is 10.0. The second-order valence-electron chi connectivity index (χ2n) is 5.33. The predicted molar refractivity (Wildman–Crippen MR) is 108 cm³/mol. The molecular formula is C20H15ClN2OS. The minimum Gasteiger partial charge on any atom is -0.332 e. The van der Waals surface area contributed by atoms with Crippen LogP contribution in [0.25, 0.3) is 0 Å². The van der Waals surface area contributed by atoms with Crippen molar-refractivity contribution in [3.05, 3.63) is 95.0 Å². The number of anilines is 2. The number of hydrogen-bond acceptors (Lipinski definition) is 2. The van der Waals surface area contributed by atoms with Crippen LogP contribution in [0, 0.1) is 0 Å². The minimum atomic E-state index is -0.117. The Bertz CT molecular complexity index is 898. The van der Waals surface area contributed by atoms with Crippen molar-refractivity contribution in [2.24, 2.45) is 0 Å². The molecule has 2 N–H and O–H groups in total. The van der Waals surface area contributed by atoms with Crippen LogP contribution in [-0.2, 0) is 0 Å². The maximum absolute atomic E-state index is 12.8. The first-order chi connectivity index (χ1) is 12.1. The van der Waals surface area contributed by atoms with Gasteiger partial charge in [-0.15, -0.1) is 0 Å². The Hall–Kier alpha value is -2.69. The Morgan fingerprint density at radius 1 is 0.840 bits per heavy atom. The molecule has 25 heavy (non-hydrogen) atoms. The average molecular weight is 367 g/mol. The molecule has 5 heteroatoms. The first-order valence-electron chi connectivity index (χ1n) is 7.66. The Morgan fingerprint density at radius 3 is 2.16 bits per heavy atom. The van der Waals surface area contributed by atoms with Gasteiger partial charge in [-0.3, -0.25) is 4.79 Å². The van der Waals surface area contributed by atoms with Crippen LogP contribution in [0.15, 0.2) is 78.9 Å². The smallest absolute Gasteiger partial charge is 0.195 e. The number of carbonyl (C=O) groups excluding carboxylic acids is 1. The molecule has 0 unspecified atom stereocenters. The first-order valence-corrected chi connectivity index (χ1v) is 8.44. The summed E-state index contributed by atoms with van der Waals surface area (Å²) in [5.74, 6) is -0.117. The molecule has 3 aromatic carbocycles. The fourth-order valence-corrected chi connectivity index (χ4v) is 2.76. The van der Waals surface area contributed by atoms with Gasteiger partial charge in [0.2, 0.25) is 0 Å². The summed E-state index contributed by atoms with van der Waals surface area (Å²) in [6.45, 7) is 0. The summed E-state index contributed by atoms with van der Waals surface area (Å²) in [6, 6.07) is 23.7. The Kier molecular flexibility index (Phi) is 5.43. The van der Waals surface area contributed by atoms with E-state index < -0.39 is 0 Å². The van der Waals surface area contributed by atoms with Gasteiger partial charge in [-0.25, -0.2) is 0 Å². The number of ketones is 1. The second kappa shape index (κ2) is 7.92. The minimum absolute atomic E-state index is 0.117. The molecule has 0 saturated heterocycles. The highest BCUT2D eigenvalue weighted by Gasteiger charge is 2.15. The van der Waals surface area contributed by atoms with E-state index in [1.165, 1.54) is 0 Å². The summed E-state index contributed by atoms with van der Waals surface area (Å²) in [5.41, 5.74) is 2.53. The van der Waals surface area contributed by atoms with Crippen molar-refractivity contribution in [1.82, 2.24) is 0 Å². The lowest BCUT2D eigenvalue weighted by Crippen LogP contribution is -2.20. The van der Waals surface area contributed by atoms with Crippen LogP contribution in [0.3, 0.4) is 0 Å². The lowest BCUT2D eigenvalue weighted by molar-refractivity contribution is 0.103. The molecule has 0 atom stereocenters. The number of benzene rings is 3. The molecule has 0 fully saturated rings. The van der Waals surface area contributed by atoms with Gasteiger partial charge < -0.3 is 10.6 Å². The molecular weight excluding hydrogens is 352 g/mol. The van der Waals surface area contributed by atoms with Gasteiger partial charge in [0.05, 0.1) is 5.69 Å². The van der Waals surface area contributed by atoms with Crippen molar-refractivity contribution in [3.63, 3.8) is 0 Å². The third-order valence-electron chi connectivity index (χ3n) is 3.54. The molecule has 0 bridgehead atoms. The molecule has 0 heterocycles. The van der Waals surface area contributed by atoms with E-state index in [1.807, 2.05) is 48.5 Å². The van der Waals surface area contributed by atoms with E-state index in [-0.39, 0.29) is 5.78 Å². The molecule has 0 amide bonds. The van der Waals surface area contributed by atoms with Crippen LogP contribution in [0.1, 0.15) is 15.9 Å². The van der Waals surface area contributed by atoms with E-state index in [0.29, 0.717) is 26.9 Å². The summed E-state index contributed by atoms with van der Waals surface area (Å²) < 4.78 is 0. The number of rotatable bonds is 4. The molecule has 3 rings (SSSR count). The maximum Gasteiger partial charge on any atom is 0.195 e. The van der Waals surface area contributed by atoms with Crippen LogP contribution in [0.5, 0.6) is 0 Å². The highest BCUT2D eigenvalue weighted by molar-refractivity contribution is 7.80. The number of thiocarbonyl (C=S) groups is 1. The van der Waals surface area contributed by atoms with Crippen molar-refractivity contribution >= 4 is 46.1 Å². The molecule has 3 aromatic rings. The average Bonchev–Trinajstić information content (AvgIpc) is 2.64. The Balaban J connectivity index is 1.84. The molecule has 0 aliphatic heterocycles. The van der Waals surface area contributed by atoms with Crippen molar-refractivity contribution in [3.8, 4) is 0 Å². The van der Waals surface area contributed by atoms with Crippen molar-refractivity contribution < 1.29 is 4.79 Å². The fourth-order valence-electron chi connectivity index (χ4n) is 2.36. The van der Waals surface area contributed by atoms with E-state index in [9.17, 15) is 4.79 Å². The number of halogens is 1. The number of nitrogens with one attached hydrogen (secondary N) is 2. The van der Waals surface area contributed by atoms with Crippen LogP contribution in [0.4, 0.5) is 11.4 Å². The summed E-state index contributed by atoms with van der Waals surface area (Å²) in [7, 11) is 0. The maximum atomic E-state index is 12.8. The summed E-state index contributed by atoms with van der Waals surface area (Å²) in [6.07, 6.45) is 0. The number of hydrogen-bond donors (Lipinski definition) is 2. The molecule has 124 valence electrons. The first kappa shape index (κ1) is 17.1. The van der Waals surface area contributed by atoms with Gasteiger partial charge in [0.15, 0.2) is 10.9 Å². The van der Waals surface area contributed by atoms with Crippen molar-refractivity contribution in [2.75, 3.05) is 10.6 Å². The molecule has 0 aliphatic carbocycles. The van der Waals surface area contributed by atoms with Crippen molar-refractivity contribution in [2.45, 2.75) is 0 Å². The Morgan fingerprint density at radius 2 is 1.48 bits per heavy atom. The van der Waals surface area contributed by atoms with Crippen LogP contribution < -0.4 is 10.6 Å². The fraction of sp³-hybridized carbons (Fsp3) is 0. The SMILES string of the molecule is O=C(c1ccccc1)c1cc(Cl)ccc1NC(=S)Nc1ccccc1. The van der Waals surface area contributed by atoms with Crippen LogP contribution in [0.2, 0.25) is 5.02 Å². The Labute approximate surface area is 156 Å². The van der Waals surface area contributed by atoms with Gasteiger partial charge in [0.25, 0.3) is 0 Å². The molecule has 0 radical (unpaired) electrons. The third-order valence-corrected chi connectivity index (χ3v) is 3.98. The molecule has 0 aliphatic rings. The number of para-hydroxylation sites is 1. The van der Waals surface area contributed by atoms with E-state index in [4.69, 9.17) is 23.8 Å². The monoisotopic (exact) mass is 366 g/mol. The van der Waals surface area contributed by atoms with Crippen LogP contribution >= 0.6 is 23.8 Å². The van der Waals surface area contributed by atoms with E-state index in [2.05, 4.69) is 10.6 Å². The zero-order chi connectivity index (χ0) is 17.6. The third kappa shape index (κ3) is 4.44. The zero-order valence-electron chi connectivity index (χ0n) is 13.2. The van der Waals surface area contributed by atoms with Crippen molar-refractivity contribution in [1.29, 1.82) is 0 Å². The summed E-state index contributed by atoms with van der Waals surface area (Å²) >= 11 is 11.4. The van der Waals surface area contributed by atoms with Gasteiger partial charge >= 0.3 is 0 Å². The van der Waals surface area contributed by atoms with Gasteiger partial charge in [-0.1, -0.05) is 60.1 Å². The highest BCUT2D eigenvalue weighted by atomic mass is 35.5. The van der Waals surface area contributed by atoms with Gasteiger partial charge in [-0.05, 0) is 42.5 Å². The zero-order valence-corrected chi connectivity index (χ0v) is 14.8. The van der Waals surface area contributed by atoms with Gasteiger partial charge in [-0.2, -0.15) is 0 Å². The largest absolute Gasteiger partial charge is 0.332 e. The van der Waals surface area contributed by atoms with E-state index in [0.717, 1.165) is 5.69 Å². The normalized spacial score (nSPS) is 10.1. The molecule has 0 spiro atoms.